The number of ether oxygens (including phenoxy) is 2. The highest BCUT2D eigenvalue weighted by molar-refractivity contribution is 6.34. The van der Waals surface area contributed by atoms with E-state index in [4.69, 9.17) is 34.8 Å². The second kappa shape index (κ2) is 13.4. The van der Waals surface area contributed by atoms with Crippen LogP contribution >= 0.6 is 34.8 Å². The van der Waals surface area contributed by atoms with E-state index in [1.165, 1.54) is 33.1 Å². The number of aromatic nitrogens is 6. The highest BCUT2D eigenvalue weighted by atomic mass is 35.5. The quantitative estimate of drug-likeness (QED) is 0.288. The summed E-state index contributed by atoms with van der Waals surface area (Å²) in [4.78, 5) is 39.8. The Morgan fingerprint density at radius 2 is 1.51 bits per heavy atom. The minimum Gasteiger partial charge on any atom is -0.464 e. The molecule has 184 valence electrons. The molecule has 1 N–H and O–H groups in total. The zero-order chi connectivity index (χ0) is 26.0. The number of nitrogens with zero attached hydrogens (tertiary/aromatic N) is 5. The lowest BCUT2D eigenvalue weighted by molar-refractivity contribution is 0.0586. The number of hydrogen-bond acceptors (Lipinski definition) is 8. The molecule has 0 amide bonds. The molecule has 4 aromatic rings. The van der Waals surface area contributed by atoms with Gasteiger partial charge in [0.25, 0.3) is 0 Å². The second-order valence-electron chi connectivity index (χ2n) is 6.66. The van der Waals surface area contributed by atoms with Gasteiger partial charge in [0.1, 0.15) is 22.3 Å². The summed E-state index contributed by atoms with van der Waals surface area (Å²) in [6, 6.07) is 3.33. The van der Waals surface area contributed by atoms with Crippen LogP contribution in [0.5, 0.6) is 0 Å². The normalized spacial score (nSPS) is 9.80. The zero-order valence-corrected chi connectivity index (χ0v) is 21.4. The third kappa shape index (κ3) is 8.36. The Hall–Kier alpha value is -3.47. The van der Waals surface area contributed by atoms with Crippen LogP contribution in [0.3, 0.4) is 0 Å². The minimum absolute atomic E-state index is 0.250. The molecule has 4 aromatic heterocycles. The van der Waals surface area contributed by atoms with E-state index in [0.29, 0.717) is 21.0 Å². The third-order valence-corrected chi connectivity index (χ3v) is 5.02. The molecule has 0 saturated carbocycles. The van der Waals surface area contributed by atoms with Crippen LogP contribution in [0.25, 0.3) is 5.69 Å². The first-order valence-corrected chi connectivity index (χ1v) is 10.9. The lowest BCUT2D eigenvalue weighted by atomic mass is 10.2. The summed E-state index contributed by atoms with van der Waals surface area (Å²) in [5, 5.41) is 1.49. The van der Waals surface area contributed by atoms with E-state index in [2.05, 4.69) is 34.4 Å². The summed E-state index contributed by atoms with van der Waals surface area (Å²) >= 11 is 17.0. The van der Waals surface area contributed by atoms with E-state index in [9.17, 15) is 9.59 Å². The van der Waals surface area contributed by atoms with Crippen LogP contribution in [0.1, 0.15) is 32.1 Å². The number of H-pyrrole nitrogens is 1. The van der Waals surface area contributed by atoms with Crippen molar-refractivity contribution in [2.45, 2.75) is 13.8 Å². The number of methoxy groups -OCH3 is 2. The van der Waals surface area contributed by atoms with E-state index in [1.807, 2.05) is 13.8 Å². The van der Waals surface area contributed by atoms with Gasteiger partial charge in [0.05, 0.1) is 32.4 Å². The molecule has 0 unspecified atom stereocenters. The molecule has 0 aromatic carbocycles. The Bertz CT molecular complexity index is 1280. The molecule has 4 heterocycles. The van der Waals surface area contributed by atoms with E-state index < -0.39 is 11.9 Å². The van der Waals surface area contributed by atoms with E-state index in [-0.39, 0.29) is 5.69 Å². The number of aromatic amines is 1. The molecule has 0 atom stereocenters. The van der Waals surface area contributed by atoms with Crippen LogP contribution in [-0.2, 0) is 9.47 Å². The largest absolute Gasteiger partial charge is 0.464 e. The van der Waals surface area contributed by atoms with E-state index >= 15 is 0 Å². The lowest BCUT2D eigenvalue weighted by Crippen LogP contribution is -2.01. The Balaban J connectivity index is 0.000000203. The SMILES string of the molecule is COC(=O)c1cn(-c2cc(Cl)ncc2C)cn1.COC(=O)c1cnc[nH]1.Cc1cnc(Cl)cc1Cl. The van der Waals surface area contributed by atoms with Gasteiger partial charge in [-0.15, -0.1) is 0 Å². The molecule has 0 bridgehead atoms. The molecule has 0 fully saturated rings. The number of nitrogens with one attached hydrogen (secondary N) is 1. The van der Waals surface area contributed by atoms with Crippen molar-refractivity contribution in [1.29, 1.82) is 0 Å². The van der Waals surface area contributed by atoms with Gasteiger partial charge in [-0.1, -0.05) is 34.8 Å². The van der Waals surface area contributed by atoms with Gasteiger partial charge < -0.3 is 19.0 Å². The van der Waals surface area contributed by atoms with Gasteiger partial charge in [0, 0.05) is 23.6 Å². The molecule has 0 radical (unpaired) electrons. The first-order chi connectivity index (χ1) is 16.7. The second-order valence-corrected chi connectivity index (χ2v) is 7.85. The first-order valence-electron chi connectivity index (χ1n) is 9.75. The topological polar surface area (TPSA) is 125 Å². The number of hydrogen-bond donors (Lipinski definition) is 1. The molecule has 0 aliphatic rings. The summed E-state index contributed by atoms with van der Waals surface area (Å²) in [5.74, 6) is -0.867. The number of pyridine rings is 2. The van der Waals surface area contributed by atoms with Crippen molar-refractivity contribution >= 4 is 46.7 Å². The summed E-state index contributed by atoms with van der Waals surface area (Å²) in [5.41, 5.74) is 3.33. The average Bonchev–Trinajstić information content (AvgIpc) is 3.56. The van der Waals surface area contributed by atoms with Crippen LogP contribution in [0, 0.1) is 13.8 Å². The Morgan fingerprint density at radius 3 is 2.06 bits per heavy atom. The number of rotatable bonds is 3. The Labute approximate surface area is 216 Å². The third-order valence-electron chi connectivity index (χ3n) is 4.20. The average molecular weight is 540 g/mol. The highest BCUT2D eigenvalue weighted by Gasteiger charge is 2.11. The maximum atomic E-state index is 11.3. The smallest absolute Gasteiger partial charge is 0.358 e. The number of halogens is 3. The van der Waals surface area contributed by atoms with Crippen molar-refractivity contribution < 1.29 is 19.1 Å². The summed E-state index contributed by atoms with van der Waals surface area (Å²) < 4.78 is 10.7. The number of carbonyl (C=O) groups is 2. The van der Waals surface area contributed by atoms with Gasteiger partial charge in [-0.05, 0) is 37.1 Å². The number of imidazole rings is 2. The Morgan fingerprint density at radius 1 is 0.886 bits per heavy atom. The summed E-state index contributed by atoms with van der Waals surface area (Å²) in [6.07, 6.45) is 9.26. The molecular weight excluding hydrogens is 519 g/mol. The van der Waals surface area contributed by atoms with Crippen LogP contribution in [0.15, 0.2) is 49.6 Å². The van der Waals surface area contributed by atoms with Crippen molar-refractivity contribution in [3.8, 4) is 5.69 Å². The zero-order valence-electron chi connectivity index (χ0n) is 19.1. The van der Waals surface area contributed by atoms with Crippen LogP contribution in [0.4, 0.5) is 0 Å². The predicted molar refractivity (Wildman–Crippen MR) is 131 cm³/mol. The number of aryl methyl sites for hydroxylation is 2. The maximum Gasteiger partial charge on any atom is 0.358 e. The molecule has 0 aliphatic heterocycles. The van der Waals surface area contributed by atoms with Gasteiger partial charge >= 0.3 is 11.9 Å². The predicted octanol–water partition coefficient (Wildman–Crippen LogP) is 4.91. The fraction of sp³-hybridized carbons (Fsp3) is 0.182. The van der Waals surface area contributed by atoms with E-state index in [1.54, 1.807) is 35.3 Å². The fourth-order valence-corrected chi connectivity index (χ4v) is 2.90. The highest BCUT2D eigenvalue weighted by Crippen LogP contribution is 2.18. The van der Waals surface area contributed by atoms with Gasteiger partial charge in [-0.3, -0.25) is 0 Å². The molecule has 4 rings (SSSR count). The Kier molecular flexibility index (Phi) is 10.7. The number of carbonyl (C=O) groups excluding carboxylic acids is 2. The fourth-order valence-electron chi connectivity index (χ4n) is 2.38. The molecule has 0 aliphatic carbocycles. The molecule has 13 heteroatoms. The van der Waals surface area contributed by atoms with Crippen molar-refractivity contribution in [3.63, 3.8) is 0 Å². The monoisotopic (exact) mass is 538 g/mol. The van der Waals surface area contributed by atoms with Crippen molar-refractivity contribution in [1.82, 2.24) is 29.5 Å². The van der Waals surface area contributed by atoms with Gasteiger partial charge in [-0.25, -0.2) is 29.5 Å². The van der Waals surface area contributed by atoms with Gasteiger partial charge in [0.15, 0.2) is 5.69 Å². The van der Waals surface area contributed by atoms with Gasteiger partial charge in [0.2, 0.25) is 0 Å². The van der Waals surface area contributed by atoms with E-state index in [0.717, 1.165) is 16.8 Å². The number of esters is 2. The lowest BCUT2D eigenvalue weighted by Gasteiger charge is -2.05. The molecule has 0 spiro atoms. The van der Waals surface area contributed by atoms with Crippen LogP contribution in [0.2, 0.25) is 15.3 Å². The van der Waals surface area contributed by atoms with Crippen LogP contribution < -0.4 is 0 Å². The molecule has 0 saturated heterocycles. The van der Waals surface area contributed by atoms with Crippen molar-refractivity contribution in [2.75, 3.05) is 14.2 Å². The van der Waals surface area contributed by atoms with Crippen molar-refractivity contribution in [2.24, 2.45) is 0 Å². The summed E-state index contributed by atoms with van der Waals surface area (Å²) in [6.45, 7) is 3.78. The molecule has 10 nitrogen and oxygen atoms in total. The van der Waals surface area contributed by atoms with Crippen molar-refractivity contribution in [3.05, 3.63) is 87.4 Å². The molecular formula is C22H21Cl3N6O4. The molecule has 35 heavy (non-hydrogen) atoms. The first kappa shape index (κ1) is 27.8. The standard InChI is InChI=1S/C11H10ClN3O2.C6H5Cl2N.C5H6N2O2/c1-7-4-13-10(12)3-9(7)15-5-8(14-6-15)11(16)17-2;1-4-3-9-6(8)2-5(4)7;1-9-5(8)4-2-6-3-7-4/h3-6H,1-2H3;2-3H,1H3;2-3H,1H3,(H,6,7). The van der Waals surface area contributed by atoms with Crippen LogP contribution in [-0.4, -0.2) is 55.6 Å². The van der Waals surface area contributed by atoms with Gasteiger partial charge in [-0.2, -0.15) is 0 Å². The maximum absolute atomic E-state index is 11.3. The minimum atomic E-state index is -0.471. The summed E-state index contributed by atoms with van der Waals surface area (Å²) in [7, 11) is 2.64.